The van der Waals surface area contributed by atoms with Crippen LogP contribution in [0.1, 0.15) is 22.8 Å². The zero-order valence-corrected chi connectivity index (χ0v) is 14.4. The molecule has 0 aromatic heterocycles. The quantitative estimate of drug-likeness (QED) is 0.834. The molecule has 2 aromatic carbocycles. The van der Waals surface area contributed by atoms with Gasteiger partial charge in [0.25, 0.3) is 5.91 Å². The molecule has 2 aromatic rings. The summed E-state index contributed by atoms with van der Waals surface area (Å²) in [5, 5.41) is 3.25. The summed E-state index contributed by atoms with van der Waals surface area (Å²) in [7, 11) is 1.51. The summed E-state index contributed by atoms with van der Waals surface area (Å²) in [5.74, 6) is -0.493. The second-order valence-electron chi connectivity index (χ2n) is 5.18. The lowest BCUT2D eigenvalue weighted by atomic mass is 10.2. The molecule has 1 amide bonds. The number of rotatable bonds is 5. The van der Waals surface area contributed by atoms with Gasteiger partial charge in [0.15, 0.2) is 6.10 Å². The van der Waals surface area contributed by atoms with Gasteiger partial charge in [-0.1, -0.05) is 23.7 Å². The van der Waals surface area contributed by atoms with E-state index in [1.54, 1.807) is 49.4 Å². The highest BCUT2D eigenvalue weighted by Crippen LogP contribution is 2.23. The van der Waals surface area contributed by atoms with Gasteiger partial charge < -0.3 is 14.8 Å². The van der Waals surface area contributed by atoms with Crippen molar-refractivity contribution in [2.45, 2.75) is 20.0 Å². The van der Waals surface area contributed by atoms with Crippen LogP contribution in [0.5, 0.6) is 5.75 Å². The molecule has 0 aliphatic carbocycles. The summed E-state index contributed by atoms with van der Waals surface area (Å²) in [4.78, 5) is 24.3. The van der Waals surface area contributed by atoms with Crippen LogP contribution in [0.3, 0.4) is 0 Å². The van der Waals surface area contributed by atoms with Crippen molar-refractivity contribution < 1.29 is 19.1 Å². The van der Waals surface area contributed by atoms with E-state index >= 15 is 0 Å². The topological polar surface area (TPSA) is 64.6 Å². The number of anilines is 1. The lowest BCUT2D eigenvalue weighted by Gasteiger charge is -2.15. The van der Waals surface area contributed by atoms with Gasteiger partial charge in [-0.25, -0.2) is 4.79 Å². The summed E-state index contributed by atoms with van der Waals surface area (Å²) in [6.45, 7) is 3.30. The molecule has 0 bridgehead atoms. The number of halogens is 1. The van der Waals surface area contributed by atoms with Gasteiger partial charge in [0.1, 0.15) is 5.75 Å². The summed E-state index contributed by atoms with van der Waals surface area (Å²) in [5.41, 5.74) is 1.64. The lowest BCUT2D eigenvalue weighted by molar-refractivity contribution is -0.123. The summed E-state index contributed by atoms with van der Waals surface area (Å²) >= 11 is 6.02. The molecule has 0 saturated heterocycles. The molecule has 0 aliphatic heterocycles. The van der Waals surface area contributed by atoms with Crippen LogP contribution in [0.15, 0.2) is 42.5 Å². The van der Waals surface area contributed by atoms with Crippen molar-refractivity contribution in [2.75, 3.05) is 12.4 Å². The maximum atomic E-state index is 12.2. The average molecular weight is 348 g/mol. The Kier molecular flexibility index (Phi) is 5.82. The first-order chi connectivity index (χ1) is 11.4. The Bertz CT molecular complexity index is 760. The second-order valence-corrected chi connectivity index (χ2v) is 5.59. The SMILES string of the molecule is COc1cccc(C(=O)OC(C)C(=O)Nc2cccc(Cl)c2C)c1. The van der Waals surface area contributed by atoms with Gasteiger partial charge in [-0.15, -0.1) is 0 Å². The fraction of sp³-hybridized carbons (Fsp3) is 0.222. The number of hydrogen-bond donors (Lipinski definition) is 1. The Labute approximate surface area is 145 Å². The molecule has 1 N–H and O–H groups in total. The van der Waals surface area contributed by atoms with Gasteiger partial charge in [0, 0.05) is 10.7 Å². The average Bonchev–Trinajstić information content (AvgIpc) is 2.58. The number of carbonyl (C=O) groups excluding carboxylic acids is 2. The van der Waals surface area contributed by atoms with Crippen LogP contribution in [-0.2, 0) is 9.53 Å². The predicted octanol–water partition coefficient (Wildman–Crippen LogP) is 3.84. The van der Waals surface area contributed by atoms with Crippen LogP contribution in [0.25, 0.3) is 0 Å². The Morgan fingerprint density at radius 1 is 1.17 bits per heavy atom. The highest BCUT2D eigenvalue weighted by atomic mass is 35.5. The maximum Gasteiger partial charge on any atom is 0.339 e. The van der Waals surface area contributed by atoms with E-state index in [1.165, 1.54) is 14.0 Å². The highest BCUT2D eigenvalue weighted by Gasteiger charge is 2.20. The van der Waals surface area contributed by atoms with Crippen LogP contribution < -0.4 is 10.1 Å². The van der Waals surface area contributed by atoms with E-state index in [0.29, 0.717) is 22.0 Å². The minimum absolute atomic E-state index is 0.313. The Morgan fingerprint density at radius 2 is 1.88 bits per heavy atom. The molecule has 0 spiro atoms. The van der Waals surface area contributed by atoms with Crippen LogP contribution in [0, 0.1) is 6.92 Å². The molecule has 126 valence electrons. The molecule has 1 atom stereocenters. The van der Waals surface area contributed by atoms with Gasteiger partial charge in [-0.05, 0) is 49.7 Å². The van der Waals surface area contributed by atoms with Crippen molar-refractivity contribution >= 4 is 29.2 Å². The zero-order chi connectivity index (χ0) is 17.7. The molecule has 1 unspecified atom stereocenters. The minimum atomic E-state index is -0.956. The molecule has 5 nitrogen and oxygen atoms in total. The standard InChI is InChI=1S/C18H18ClNO4/c1-11-15(19)8-5-9-16(11)20-17(21)12(2)24-18(22)13-6-4-7-14(10-13)23-3/h4-10,12H,1-3H3,(H,20,21). The fourth-order valence-corrected chi connectivity index (χ4v) is 2.18. The second kappa shape index (κ2) is 7.84. The van der Waals surface area contributed by atoms with Crippen molar-refractivity contribution in [3.63, 3.8) is 0 Å². The first-order valence-electron chi connectivity index (χ1n) is 7.33. The van der Waals surface area contributed by atoms with Crippen molar-refractivity contribution in [3.05, 3.63) is 58.6 Å². The van der Waals surface area contributed by atoms with Crippen molar-refractivity contribution in [1.82, 2.24) is 0 Å². The minimum Gasteiger partial charge on any atom is -0.497 e. The number of hydrogen-bond acceptors (Lipinski definition) is 4. The number of amides is 1. The number of nitrogens with one attached hydrogen (secondary N) is 1. The maximum absolute atomic E-state index is 12.2. The van der Waals surface area contributed by atoms with E-state index in [-0.39, 0.29) is 0 Å². The Morgan fingerprint density at radius 3 is 2.58 bits per heavy atom. The number of esters is 1. The van der Waals surface area contributed by atoms with Crippen LogP contribution in [0.4, 0.5) is 5.69 Å². The summed E-state index contributed by atoms with van der Waals surface area (Å²) in [6, 6.07) is 11.7. The molecular weight excluding hydrogens is 330 g/mol. The summed E-state index contributed by atoms with van der Waals surface area (Å²) in [6.07, 6.45) is -0.956. The van der Waals surface area contributed by atoms with Gasteiger partial charge in [-0.3, -0.25) is 4.79 Å². The van der Waals surface area contributed by atoms with Crippen LogP contribution in [0.2, 0.25) is 5.02 Å². The monoisotopic (exact) mass is 347 g/mol. The van der Waals surface area contributed by atoms with Gasteiger partial charge in [-0.2, -0.15) is 0 Å². The molecule has 0 radical (unpaired) electrons. The molecule has 6 heteroatoms. The third kappa shape index (κ3) is 4.26. The third-order valence-electron chi connectivity index (χ3n) is 3.48. The molecule has 0 fully saturated rings. The van der Waals surface area contributed by atoms with E-state index in [9.17, 15) is 9.59 Å². The number of methoxy groups -OCH3 is 1. The smallest absolute Gasteiger partial charge is 0.339 e. The van der Waals surface area contributed by atoms with Crippen LogP contribution in [-0.4, -0.2) is 25.1 Å². The Balaban J connectivity index is 2.03. The van der Waals surface area contributed by atoms with E-state index in [2.05, 4.69) is 5.32 Å². The number of ether oxygens (including phenoxy) is 2. The molecule has 24 heavy (non-hydrogen) atoms. The zero-order valence-electron chi connectivity index (χ0n) is 13.6. The third-order valence-corrected chi connectivity index (χ3v) is 3.89. The van der Waals surface area contributed by atoms with Crippen molar-refractivity contribution in [1.29, 1.82) is 0 Å². The largest absolute Gasteiger partial charge is 0.497 e. The van der Waals surface area contributed by atoms with Gasteiger partial charge in [0.05, 0.1) is 12.7 Å². The lowest BCUT2D eigenvalue weighted by Crippen LogP contribution is -2.30. The summed E-state index contributed by atoms with van der Waals surface area (Å²) < 4.78 is 10.3. The molecule has 0 heterocycles. The molecule has 2 rings (SSSR count). The van der Waals surface area contributed by atoms with E-state index < -0.39 is 18.0 Å². The molecule has 0 saturated carbocycles. The van der Waals surface area contributed by atoms with Crippen molar-refractivity contribution in [2.24, 2.45) is 0 Å². The normalized spacial score (nSPS) is 11.5. The van der Waals surface area contributed by atoms with E-state index in [4.69, 9.17) is 21.1 Å². The van der Waals surface area contributed by atoms with Gasteiger partial charge in [0.2, 0.25) is 0 Å². The first kappa shape index (κ1) is 17.8. The fourth-order valence-electron chi connectivity index (χ4n) is 2.01. The van der Waals surface area contributed by atoms with Crippen LogP contribution >= 0.6 is 11.6 Å². The van der Waals surface area contributed by atoms with E-state index in [0.717, 1.165) is 5.56 Å². The van der Waals surface area contributed by atoms with Crippen molar-refractivity contribution in [3.8, 4) is 5.75 Å². The predicted molar refractivity (Wildman–Crippen MR) is 92.7 cm³/mol. The Hall–Kier alpha value is -2.53. The first-order valence-corrected chi connectivity index (χ1v) is 7.71. The molecule has 0 aliphatic rings. The highest BCUT2D eigenvalue weighted by molar-refractivity contribution is 6.31. The number of carbonyl (C=O) groups is 2. The van der Waals surface area contributed by atoms with Gasteiger partial charge >= 0.3 is 5.97 Å². The van der Waals surface area contributed by atoms with E-state index in [1.807, 2.05) is 0 Å². The number of benzene rings is 2. The molecular formula is C18H18ClNO4.